The summed E-state index contributed by atoms with van der Waals surface area (Å²) in [6.07, 6.45) is 0.716. The van der Waals surface area contributed by atoms with E-state index in [9.17, 15) is 4.79 Å². The van der Waals surface area contributed by atoms with Crippen LogP contribution in [-0.4, -0.2) is 40.0 Å². The Morgan fingerprint density at radius 3 is 2.91 bits per heavy atom. The molecule has 0 spiro atoms. The molecule has 6 nitrogen and oxygen atoms in total. The Morgan fingerprint density at radius 2 is 2.23 bits per heavy atom. The van der Waals surface area contributed by atoms with Crippen molar-refractivity contribution in [2.75, 3.05) is 7.05 Å². The van der Waals surface area contributed by atoms with Gasteiger partial charge in [-0.05, 0) is 19.1 Å². The van der Waals surface area contributed by atoms with Crippen LogP contribution in [0.25, 0.3) is 11.3 Å². The number of amides is 1. The second-order valence-corrected chi connectivity index (χ2v) is 5.68. The largest absolute Gasteiger partial charge is 0.307 e. The quantitative estimate of drug-likeness (QED) is 0.893. The minimum absolute atomic E-state index is 0.257. The number of halogens is 1. The van der Waals surface area contributed by atoms with Gasteiger partial charge in [-0.2, -0.15) is 10.2 Å². The minimum atomic E-state index is -0.257. The number of benzene rings is 1. The molecule has 1 aromatic heterocycles. The van der Waals surface area contributed by atoms with E-state index >= 15 is 0 Å². The van der Waals surface area contributed by atoms with Crippen LogP contribution in [0.1, 0.15) is 23.8 Å². The first-order valence-electron chi connectivity index (χ1n) is 6.96. The lowest BCUT2D eigenvalue weighted by atomic mass is 10.1. The van der Waals surface area contributed by atoms with E-state index < -0.39 is 0 Å². The lowest BCUT2D eigenvalue weighted by Gasteiger charge is -2.11. The third-order valence-electron chi connectivity index (χ3n) is 3.64. The fourth-order valence-electron chi connectivity index (χ4n) is 2.26. The number of rotatable bonds is 2. The summed E-state index contributed by atoms with van der Waals surface area (Å²) in [5.41, 5.74) is 1.79. The molecule has 1 amide bonds. The molecule has 0 bridgehead atoms. The van der Waals surface area contributed by atoms with Gasteiger partial charge in [0.15, 0.2) is 0 Å². The van der Waals surface area contributed by atoms with E-state index in [4.69, 9.17) is 11.6 Å². The van der Waals surface area contributed by atoms with Gasteiger partial charge in [0.05, 0.1) is 16.8 Å². The molecule has 2 heterocycles. The predicted molar refractivity (Wildman–Crippen MR) is 85.8 cm³/mol. The van der Waals surface area contributed by atoms with Gasteiger partial charge < -0.3 is 5.32 Å². The van der Waals surface area contributed by atoms with Gasteiger partial charge in [-0.3, -0.25) is 14.9 Å². The second kappa shape index (κ2) is 5.81. The van der Waals surface area contributed by atoms with Gasteiger partial charge in [-0.1, -0.05) is 29.8 Å². The molecule has 0 aliphatic carbocycles. The van der Waals surface area contributed by atoms with Crippen LogP contribution in [0, 0.1) is 0 Å². The maximum Gasteiger partial charge on any atom is 0.274 e. The standard InChI is InChI=1S/C15H16ClN5O/c1-9-7-14(20-21(9)2)17-15(22)13-8-12(18-19-13)10-5-3-4-6-11(10)16/h3-6,8-9H,7H2,1-2H3,(H,18,19)(H,17,20,22)/t9-/m0/s1. The number of hydrogen-bond acceptors (Lipinski definition) is 4. The summed E-state index contributed by atoms with van der Waals surface area (Å²) >= 11 is 6.14. The highest BCUT2D eigenvalue weighted by Crippen LogP contribution is 2.26. The van der Waals surface area contributed by atoms with Gasteiger partial charge in [0.1, 0.15) is 11.5 Å². The number of H-pyrrole nitrogens is 1. The first kappa shape index (κ1) is 14.6. The van der Waals surface area contributed by atoms with Crippen LogP contribution in [0.3, 0.4) is 0 Å². The summed E-state index contributed by atoms with van der Waals surface area (Å²) in [6, 6.07) is 9.34. The van der Waals surface area contributed by atoms with Crippen molar-refractivity contribution in [3.05, 3.63) is 41.0 Å². The number of nitrogens with one attached hydrogen (secondary N) is 2. The van der Waals surface area contributed by atoms with E-state index in [2.05, 4.69) is 20.6 Å². The number of aromatic amines is 1. The smallest absolute Gasteiger partial charge is 0.274 e. The van der Waals surface area contributed by atoms with E-state index in [1.165, 1.54) is 0 Å². The Bertz CT molecular complexity index is 739. The lowest BCUT2D eigenvalue weighted by Crippen LogP contribution is -2.30. The van der Waals surface area contributed by atoms with Gasteiger partial charge in [0, 0.05) is 19.0 Å². The third-order valence-corrected chi connectivity index (χ3v) is 3.96. The van der Waals surface area contributed by atoms with Crippen LogP contribution in [0.2, 0.25) is 5.02 Å². The van der Waals surface area contributed by atoms with Crippen molar-refractivity contribution < 1.29 is 4.79 Å². The maximum atomic E-state index is 12.2. The topological polar surface area (TPSA) is 73.4 Å². The van der Waals surface area contributed by atoms with Crippen LogP contribution in [0.15, 0.2) is 35.4 Å². The van der Waals surface area contributed by atoms with E-state index in [1.54, 1.807) is 12.1 Å². The molecule has 114 valence electrons. The Morgan fingerprint density at radius 1 is 1.45 bits per heavy atom. The molecule has 1 aliphatic rings. The van der Waals surface area contributed by atoms with Crippen LogP contribution < -0.4 is 5.32 Å². The van der Waals surface area contributed by atoms with E-state index in [1.807, 2.05) is 37.2 Å². The summed E-state index contributed by atoms with van der Waals surface area (Å²) in [4.78, 5) is 12.2. The Labute approximate surface area is 133 Å². The number of hydrogen-bond donors (Lipinski definition) is 2. The normalized spacial score (nSPS) is 17.5. The predicted octanol–water partition coefficient (Wildman–Crippen LogP) is 2.50. The van der Waals surface area contributed by atoms with Crippen molar-refractivity contribution in [3.63, 3.8) is 0 Å². The molecule has 3 rings (SSSR count). The summed E-state index contributed by atoms with van der Waals surface area (Å²) in [6.45, 7) is 2.05. The Kier molecular flexibility index (Phi) is 3.85. The number of hydrazone groups is 1. The third kappa shape index (κ3) is 2.82. The summed E-state index contributed by atoms with van der Waals surface area (Å²) in [5, 5.41) is 16.4. The van der Waals surface area contributed by atoms with Crippen LogP contribution in [0.5, 0.6) is 0 Å². The zero-order chi connectivity index (χ0) is 15.7. The summed E-state index contributed by atoms with van der Waals surface area (Å²) in [7, 11) is 1.88. The average molecular weight is 318 g/mol. The zero-order valence-electron chi connectivity index (χ0n) is 12.3. The second-order valence-electron chi connectivity index (χ2n) is 5.27. The first-order valence-corrected chi connectivity index (χ1v) is 7.34. The van der Waals surface area contributed by atoms with Crippen molar-refractivity contribution in [1.82, 2.24) is 20.5 Å². The fraction of sp³-hybridized carbons (Fsp3) is 0.267. The molecule has 0 saturated heterocycles. The highest BCUT2D eigenvalue weighted by Gasteiger charge is 2.22. The van der Waals surface area contributed by atoms with Crippen molar-refractivity contribution in [3.8, 4) is 11.3 Å². The lowest BCUT2D eigenvalue weighted by molar-refractivity contribution is 0.0971. The van der Waals surface area contributed by atoms with E-state index in [0.29, 0.717) is 28.7 Å². The van der Waals surface area contributed by atoms with Crippen molar-refractivity contribution in [1.29, 1.82) is 0 Å². The SMILES string of the molecule is C[C@H]1CC(NC(=O)c2cc(-c3ccccc3Cl)n[nH]2)=NN1C. The molecule has 2 aromatic rings. The number of carbonyl (C=O) groups excluding carboxylic acids is 1. The first-order chi connectivity index (χ1) is 10.5. The molecular formula is C15H16ClN5O. The van der Waals surface area contributed by atoms with Gasteiger partial charge in [0.25, 0.3) is 5.91 Å². The van der Waals surface area contributed by atoms with Crippen LogP contribution in [0.4, 0.5) is 0 Å². The number of carbonyl (C=O) groups is 1. The van der Waals surface area contributed by atoms with E-state index in [-0.39, 0.29) is 11.9 Å². The molecule has 2 N–H and O–H groups in total. The number of amidine groups is 1. The number of aromatic nitrogens is 2. The van der Waals surface area contributed by atoms with Crippen molar-refractivity contribution >= 4 is 23.3 Å². The van der Waals surface area contributed by atoms with Crippen molar-refractivity contribution in [2.45, 2.75) is 19.4 Å². The maximum absolute atomic E-state index is 12.2. The van der Waals surface area contributed by atoms with Gasteiger partial charge in [-0.25, -0.2) is 0 Å². The monoisotopic (exact) mass is 317 g/mol. The van der Waals surface area contributed by atoms with Crippen LogP contribution in [-0.2, 0) is 0 Å². The van der Waals surface area contributed by atoms with Gasteiger partial charge >= 0.3 is 0 Å². The summed E-state index contributed by atoms with van der Waals surface area (Å²) in [5.74, 6) is 0.404. The van der Waals surface area contributed by atoms with Gasteiger partial charge in [-0.15, -0.1) is 0 Å². The molecule has 7 heteroatoms. The molecule has 1 atom stereocenters. The fourth-order valence-corrected chi connectivity index (χ4v) is 2.49. The Balaban J connectivity index is 1.76. The molecular weight excluding hydrogens is 302 g/mol. The van der Waals surface area contributed by atoms with Gasteiger partial charge in [0.2, 0.25) is 0 Å². The minimum Gasteiger partial charge on any atom is -0.307 e. The average Bonchev–Trinajstić information content (AvgIpc) is 3.07. The van der Waals surface area contributed by atoms with Crippen LogP contribution >= 0.6 is 11.6 Å². The summed E-state index contributed by atoms with van der Waals surface area (Å²) < 4.78 is 0. The highest BCUT2D eigenvalue weighted by atomic mass is 35.5. The molecule has 0 saturated carbocycles. The molecule has 0 unspecified atom stereocenters. The molecule has 1 aromatic carbocycles. The highest BCUT2D eigenvalue weighted by molar-refractivity contribution is 6.33. The van der Waals surface area contributed by atoms with E-state index in [0.717, 1.165) is 5.56 Å². The number of nitrogens with zero attached hydrogens (tertiary/aromatic N) is 3. The molecule has 1 aliphatic heterocycles. The molecule has 22 heavy (non-hydrogen) atoms. The molecule has 0 radical (unpaired) electrons. The zero-order valence-corrected chi connectivity index (χ0v) is 13.1. The van der Waals surface area contributed by atoms with Crippen molar-refractivity contribution in [2.24, 2.45) is 5.10 Å². The molecule has 0 fully saturated rings. The Hall–Kier alpha value is -2.34.